The molecule has 2 aromatic rings. The third kappa shape index (κ3) is 3.10. The predicted octanol–water partition coefficient (Wildman–Crippen LogP) is 2.01. The molecule has 7 nitrogen and oxygen atoms in total. The fourth-order valence-electron chi connectivity index (χ4n) is 2.62. The maximum atomic E-state index is 12.9. The van der Waals surface area contributed by atoms with Crippen LogP contribution >= 0.6 is 0 Å². The molecule has 1 aliphatic rings. The van der Waals surface area contributed by atoms with E-state index in [1.807, 2.05) is 20.9 Å². The van der Waals surface area contributed by atoms with E-state index in [0.29, 0.717) is 30.3 Å². The molecule has 1 N–H and O–H groups in total. The molecule has 0 spiro atoms. The summed E-state index contributed by atoms with van der Waals surface area (Å²) in [6.45, 7) is 8.72. The number of hydrogen-bond donors (Lipinski definition) is 1. The van der Waals surface area contributed by atoms with Crippen molar-refractivity contribution in [3.05, 3.63) is 53.8 Å². The lowest BCUT2D eigenvalue weighted by Gasteiger charge is -2.27. The van der Waals surface area contributed by atoms with E-state index in [1.165, 1.54) is 0 Å². The van der Waals surface area contributed by atoms with Crippen molar-refractivity contribution in [3.63, 3.8) is 0 Å². The number of ether oxygens (including phenoxy) is 1. The zero-order valence-electron chi connectivity index (χ0n) is 14.2. The molecule has 2 aromatic heterocycles. The number of nitrogens with zero attached hydrogens (tertiary/aromatic N) is 4. The van der Waals surface area contributed by atoms with Gasteiger partial charge in [-0.25, -0.2) is 9.97 Å². The summed E-state index contributed by atoms with van der Waals surface area (Å²) in [7, 11) is 1.87. The van der Waals surface area contributed by atoms with E-state index in [-0.39, 0.29) is 5.91 Å². The predicted molar refractivity (Wildman–Crippen MR) is 89.4 cm³/mol. The van der Waals surface area contributed by atoms with Gasteiger partial charge >= 0.3 is 0 Å². The largest absolute Gasteiger partial charge is 0.450 e. The Labute approximate surface area is 140 Å². The summed E-state index contributed by atoms with van der Waals surface area (Å²) in [5.41, 5.74) is 3.41. The molecule has 7 heteroatoms. The van der Waals surface area contributed by atoms with E-state index >= 15 is 0 Å². The fraction of sp³-hybridized carbons (Fsp3) is 0.353. The van der Waals surface area contributed by atoms with Crippen molar-refractivity contribution in [2.45, 2.75) is 26.8 Å². The van der Waals surface area contributed by atoms with E-state index < -0.39 is 0 Å². The summed E-state index contributed by atoms with van der Waals surface area (Å²) in [5, 5.41) is 0. The lowest BCUT2D eigenvalue weighted by Crippen LogP contribution is -2.37. The van der Waals surface area contributed by atoms with Crippen LogP contribution in [0.3, 0.4) is 0 Å². The van der Waals surface area contributed by atoms with Gasteiger partial charge in [0.2, 0.25) is 0 Å². The van der Waals surface area contributed by atoms with Crippen LogP contribution in [0.25, 0.3) is 5.76 Å². The summed E-state index contributed by atoms with van der Waals surface area (Å²) in [4.78, 5) is 26.2. The molecule has 0 fully saturated rings. The van der Waals surface area contributed by atoms with Crippen LogP contribution in [0.4, 0.5) is 0 Å². The number of nitrogens with one attached hydrogen (secondary N) is 1. The van der Waals surface area contributed by atoms with Crippen LogP contribution in [0.15, 0.2) is 36.8 Å². The van der Waals surface area contributed by atoms with Crippen molar-refractivity contribution >= 4 is 11.7 Å². The fourth-order valence-corrected chi connectivity index (χ4v) is 2.62. The Hall–Kier alpha value is -2.83. The van der Waals surface area contributed by atoms with Gasteiger partial charge in [0.05, 0.1) is 30.6 Å². The number of allylic oxidation sites excluding steroid dienone is 1. The number of carbonyl (C=O) groups excluding carboxylic acids is 1. The molecule has 0 bridgehead atoms. The van der Waals surface area contributed by atoms with Gasteiger partial charge in [-0.2, -0.15) is 0 Å². The number of hydrogen-bond acceptors (Lipinski definition) is 4. The third-order valence-electron chi connectivity index (χ3n) is 3.93. The monoisotopic (exact) mass is 327 g/mol. The molecule has 0 saturated heterocycles. The number of rotatable bonds is 4. The lowest BCUT2D eigenvalue weighted by atomic mass is 10.1. The standard InChI is InChI=1S/C17H21N5O2/c1-11(2)16(24-12(3)14-7-21(4)10-20-14)17(23)22-6-5-13-15(8-22)19-9-18-13/h7,9-10H,3,5-6,8H2,1-2,4H3,(H,18,19). The number of aromatic amines is 1. The normalized spacial score (nSPS) is 13.4. The first-order valence-electron chi connectivity index (χ1n) is 7.78. The van der Waals surface area contributed by atoms with E-state index in [1.54, 1.807) is 28.3 Å². The van der Waals surface area contributed by atoms with E-state index in [0.717, 1.165) is 23.4 Å². The Morgan fingerprint density at radius 2 is 2.17 bits per heavy atom. The highest BCUT2D eigenvalue weighted by atomic mass is 16.5. The highest BCUT2D eigenvalue weighted by molar-refractivity contribution is 5.93. The van der Waals surface area contributed by atoms with Gasteiger partial charge in [0.15, 0.2) is 5.76 Å². The Balaban J connectivity index is 1.76. The maximum absolute atomic E-state index is 12.9. The Kier molecular flexibility index (Phi) is 4.24. The lowest BCUT2D eigenvalue weighted by molar-refractivity contribution is -0.130. The van der Waals surface area contributed by atoms with Gasteiger partial charge < -0.3 is 19.2 Å². The Bertz CT molecular complexity index is 811. The zero-order chi connectivity index (χ0) is 17.3. The summed E-state index contributed by atoms with van der Waals surface area (Å²) in [6, 6.07) is 0. The van der Waals surface area contributed by atoms with Crippen LogP contribution in [0.1, 0.15) is 30.9 Å². The summed E-state index contributed by atoms with van der Waals surface area (Å²) < 4.78 is 7.59. The van der Waals surface area contributed by atoms with Crippen molar-refractivity contribution in [2.24, 2.45) is 7.05 Å². The summed E-state index contributed by atoms with van der Waals surface area (Å²) >= 11 is 0. The number of H-pyrrole nitrogens is 1. The molecule has 24 heavy (non-hydrogen) atoms. The van der Waals surface area contributed by atoms with E-state index in [2.05, 4.69) is 21.5 Å². The van der Waals surface area contributed by atoms with Crippen LogP contribution in [-0.4, -0.2) is 36.9 Å². The first-order valence-corrected chi connectivity index (χ1v) is 7.78. The second-order valence-corrected chi connectivity index (χ2v) is 6.08. The number of fused-ring (bicyclic) bond motifs is 1. The van der Waals surface area contributed by atoms with Gasteiger partial charge in [-0.3, -0.25) is 4.79 Å². The maximum Gasteiger partial charge on any atom is 0.289 e. The molecule has 0 aromatic carbocycles. The van der Waals surface area contributed by atoms with Crippen molar-refractivity contribution in [2.75, 3.05) is 6.54 Å². The average Bonchev–Trinajstić information content (AvgIpc) is 3.19. The van der Waals surface area contributed by atoms with Gasteiger partial charge in [0, 0.05) is 26.2 Å². The number of imidazole rings is 2. The molecule has 0 unspecified atom stereocenters. The molecule has 3 rings (SSSR count). The minimum atomic E-state index is -0.146. The SMILES string of the molecule is C=C(OC(C(=O)N1CCc2nc[nH]c2C1)=C(C)C)c1cn(C)cn1. The van der Waals surface area contributed by atoms with E-state index in [9.17, 15) is 4.79 Å². The molecule has 0 aliphatic carbocycles. The van der Waals surface area contributed by atoms with Crippen molar-refractivity contribution in [3.8, 4) is 0 Å². The molecule has 1 amide bonds. The Morgan fingerprint density at radius 3 is 2.83 bits per heavy atom. The minimum absolute atomic E-state index is 0.146. The Morgan fingerprint density at radius 1 is 1.38 bits per heavy atom. The molecular formula is C17H21N5O2. The summed E-state index contributed by atoms with van der Waals surface area (Å²) in [5.74, 6) is 0.514. The topological polar surface area (TPSA) is 76.0 Å². The number of aryl methyl sites for hydroxylation is 1. The van der Waals surface area contributed by atoms with Gasteiger partial charge in [0.1, 0.15) is 11.5 Å². The number of amides is 1. The highest BCUT2D eigenvalue weighted by Crippen LogP contribution is 2.22. The van der Waals surface area contributed by atoms with Gasteiger partial charge in [-0.15, -0.1) is 0 Å². The molecule has 0 saturated carbocycles. The van der Waals surface area contributed by atoms with Gasteiger partial charge in [0.25, 0.3) is 5.91 Å². The minimum Gasteiger partial charge on any atom is -0.450 e. The summed E-state index contributed by atoms with van der Waals surface area (Å²) in [6.07, 6.45) is 5.87. The number of aromatic nitrogens is 4. The van der Waals surface area contributed by atoms with Crippen molar-refractivity contribution in [1.29, 1.82) is 0 Å². The van der Waals surface area contributed by atoms with Crippen LogP contribution in [0.5, 0.6) is 0 Å². The zero-order valence-corrected chi connectivity index (χ0v) is 14.2. The van der Waals surface area contributed by atoms with Gasteiger partial charge in [-0.05, 0) is 19.4 Å². The smallest absolute Gasteiger partial charge is 0.289 e. The van der Waals surface area contributed by atoms with Crippen LogP contribution in [-0.2, 0) is 29.5 Å². The molecule has 0 atom stereocenters. The van der Waals surface area contributed by atoms with Crippen molar-refractivity contribution < 1.29 is 9.53 Å². The average molecular weight is 327 g/mol. The molecule has 1 aliphatic heterocycles. The number of carbonyl (C=O) groups is 1. The van der Waals surface area contributed by atoms with Crippen LogP contribution in [0.2, 0.25) is 0 Å². The first kappa shape index (κ1) is 16.0. The van der Waals surface area contributed by atoms with E-state index in [4.69, 9.17) is 4.74 Å². The van der Waals surface area contributed by atoms with Crippen LogP contribution < -0.4 is 0 Å². The quantitative estimate of drug-likeness (QED) is 0.688. The van der Waals surface area contributed by atoms with Crippen molar-refractivity contribution in [1.82, 2.24) is 24.4 Å². The first-order chi connectivity index (χ1) is 11.5. The van der Waals surface area contributed by atoms with Crippen LogP contribution in [0, 0.1) is 0 Å². The second-order valence-electron chi connectivity index (χ2n) is 6.08. The second kappa shape index (κ2) is 6.35. The van der Waals surface area contributed by atoms with Gasteiger partial charge in [-0.1, -0.05) is 6.58 Å². The highest BCUT2D eigenvalue weighted by Gasteiger charge is 2.27. The molecule has 0 radical (unpaired) electrons. The third-order valence-corrected chi connectivity index (χ3v) is 3.93. The molecule has 3 heterocycles. The molecule has 126 valence electrons. The molecular weight excluding hydrogens is 306 g/mol.